The summed E-state index contributed by atoms with van der Waals surface area (Å²) < 4.78 is 10.4. The molecule has 5 nitrogen and oxygen atoms in total. The van der Waals surface area contributed by atoms with Gasteiger partial charge in [-0.1, -0.05) is 13.0 Å². The van der Waals surface area contributed by atoms with Gasteiger partial charge in [-0.2, -0.15) is 0 Å². The summed E-state index contributed by atoms with van der Waals surface area (Å²) in [6.45, 7) is 10.5. The van der Waals surface area contributed by atoms with Crippen molar-refractivity contribution in [2.24, 2.45) is 5.92 Å². The zero-order valence-electron chi connectivity index (χ0n) is 16.6. The fourth-order valence-corrected chi connectivity index (χ4v) is 3.65. The maximum atomic E-state index is 12.0. The topological polar surface area (TPSA) is 64.6 Å². The molecule has 2 rings (SSSR count). The van der Waals surface area contributed by atoms with Crippen LogP contribution in [0.3, 0.4) is 0 Å². The Morgan fingerprint density at radius 2 is 1.96 bits per heavy atom. The number of hydrogen-bond donors (Lipinski definition) is 1. The molecule has 0 saturated carbocycles. The standard InChI is InChI=1S/C21H31NO4/c1-6-17-16(13-22-20(24)26-21(3,4)5)9-8-14-12-15(10-11-18(14)17)19(23)25-7-2/h10-12,16-17H,6-9,13H2,1-5H3,(H,22,24). The van der Waals surface area contributed by atoms with E-state index in [1.54, 1.807) is 0 Å². The smallest absolute Gasteiger partial charge is 0.407 e. The van der Waals surface area contributed by atoms with E-state index in [0.717, 1.165) is 19.3 Å². The predicted molar refractivity (Wildman–Crippen MR) is 101 cm³/mol. The van der Waals surface area contributed by atoms with Crippen molar-refractivity contribution in [1.29, 1.82) is 0 Å². The first kappa shape index (κ1) is 20.3. The minimum atomic E-state index is -0.489. The van der Waals surface area contributed by atoms with E-state index >= 15 is 0 Å². The molecule has 0 radical (unpaired) electrons. The summed E-state index contributed by atoms with van der Waals surface area (Å²) in [4.78, 5) is 23.9. The van der Waals surface area contributed by atoms with Crippen molar-refractivity contribution in [3.05, 3.63) is 34.9 Å². The van der Waals surface area contributed by atoms with Gasteiger partial charge in [-0.25, -0.2) is 9.59 Å². The summed E-state index contributed by atoms with van der Waals surface area (Å²) >= 11 is 0. The van der Waals surface area contributed by atoms with Crippen LogP contribution in [0.15, 0.2) is 18.2 Å². The Hall–Kier alpha value is -2.04. The summed E-state index contributed by atoms with van der Waals surface area (Å²) in [6, 6.07) is 5.87. The number of aryl methyl sites for hydroxylation is 1. The van der Waals surface area contributed by atoms with Crippen molar-refractivity contribution in [3.63, 3.8) is 0 Å². The maximum Gasteiger partial charge on any atom is 0.407 e. The largest absolute Gasteiger partial charge is 0.462 e. The molecule has 1 aromatic carbocycles. The van der Waals surface area contributed by atoms with Crippen molar-refractivity contribution >= 4 is 12.1 Å². The van der Waals surface area contributed by atoms with Crippen LogP contribution in [0.5, 0.6) is 0 Å². The lowest BCUT2D eigenvalue weighted by Crippen LogP contribution is -2.37. The zero-order valence-corrected chi connectivity index (χ0v) is 16.6. The first-order valence-corrected chi connectivity index (χ1v) is 9.52. The fraction of sp³-hybridized carbons (Fsp3) is 0.619. The number of ether oxygens (including phenoxy) is 2. The van der Waals surface area contributed by atoms with E-state index in [-0.39, 0.29) is 12.1 Å². The molecular formula is C21H31NO4. The summed E-state index contributed by atoms with van der Waals surface area (Å²) in [5.74, 6) is 0.468. The molecule has 1 aliphatic carbocycles. The van der Waals surface area contributed by atoms with Crippen molar-refractivity contribution in [3.8, 4) is 0 Å². The molecule has 144 valence electrons. The highest BCUT2D eigenvalue weighted by Gasteiger charge is 2.29. The van der Waals surface area contributed by atoms with Crippen molar-refractivity contribution in [1.82, 2.24) is 5.32 Å². The van der Waals surface area contributed by atoms with E-state index in [9.17, 15) is 9.59 Å². The van der Waals surface area contributed by atoms with Crippen LogP contribution >= 0.6 is 0 Å². The molecule has 0 saturated heterocycles. The Kier molecular flexibility index (Phi) is 6.68. The highest BCUT2D eigenvalue weighted by molar-refractivity contribution is 5.89. The predicted octanol–water partition coefficient (Wildman–Crippen LogP) is 4.44. The number of hydrogen-bond acceptors (Lipinski definition) is 4. The molecule has 2 unspecified atom stereocenters. The molecule has 1 aliphatic rings. The maximum absolute atomic E-state index is 12.0. The van der Waals surface area contributed by atoms with Crippen LogP contribution in [0.25, 0.3) is 0 Å². The van der Waals surface area contributed by atoms with E-state index in [4.69, 9.17) is 9.47 Å². The van der Waals surface area contributed by atoms with Crippen LogP contribution in [-0.2, 0) is 15.9 Å². The molecule has 0 bridgehead atoms. The Bertz CT molecular complexity index is 648. The lowest BCUT2D eigenvalue weighted by atomic mass is 9.73. The second-order valence-corrected chi connectivity index (χ2v) is 7.83. The van der Waals surface area contributed by atoms with Gasteiger partial charge in [0.2, 0.25) is 0 Å². The monoisotopic (exact) mass is 361 g/mol. The van der Waals surface area contributed by atoms with E-state index in [2.05, 4.69) is 18.3 Å². The Morgan fingerprint density at radius 3 is 2.58 bits per heavy atom. The molecule has 2 atom stereocenters. The van der Waals surface area contributed by atoms with E-state index in [0.29, 0.717) is 30.6 Å². The number of nitrogens with one attached hydrogen (secondary N) is 1. The third kappa shape index (κ3) is 5.23. The van der Waals surface area contributed by atoms with Gasteiger partial charge in [0, 0.05) is 6.54 Å². The van der Waals surface area contributed by atoms with Gasteiger partial charge in [-0.3, -0.25) is 0 Å². The van der Waals surface area contributed by atoms with Crippen LogP contribution < -0.4 is 5.32 Å². The highest BCUT2D eigenvalue weighted by atomic mass is 16.6. The first-order chi connectivity index (χ1) is 12.2. The second kappa shape index (κ2) is 8.56. The quantitative estimate of drug-likeness (QED) is 0.787. The molecule has 0 spiro atoms. The zero-order chi connectivity index (χ0) is 19.3. The van der Waals surface area contributed by atoms with Gasteiger partial charge < -0.3 is 14.8 Å². The lowest BCUT2D eigenvalue weighted by molar-refractivity contribution is 0.0507. The number of benzene rings is 1. The number of rotatable bonds is 5. The van der Waals surface area contributed by atoms with Gasteiger partial charge in [0.25, 0.3) is 0 Å². The molecule has 26 heavy (non-hydrogen) atoms. The number of alkyl carbamates (subject to hydrolysis) is 1. The van der Waals surface area contributed by atoms with E-state index in [1.165, 1.54) is 11.1 Å². The van der Waals surface area contributed by atoms with Gasteiger partial charge in [-0.05, 0) is 82.1 Å². The van der Waals surface area contributed by atoms with Crippen molar-refractivity contribution in [2.45, 2.75) is 65.4 Å². The van der Waals surface area contributed by atoms with Crippen molar-refractivity contribution < 1.29 is 19.1 Å². The third-order valence-electron chi connectivity index (χ3n) is 4.75. The molecule has 1 amide bonds. The third-order valence-corrected chi connectivity index (χ3v) is 4.75. The van der Waals surface area contributed by atoms with Gasteiger partial charge >= 0.3 is 12.1 Å². The van der Waals surface area contributed by atoms with Gasteiger partial charge in [0.15, 0.2) is 0 Å². The number of amides is 1. The normalized spacial score (nSPS) is 19.4. The Labute approximate surface area is 156 Å². The summed E-state index contributed by atoms with van der Waals surface area (Å²) in [5, 5.41) is 2.92. The molecule has 0 aliphatic heterocycles. The second-order valence-electron chi connectivity index (χ2n) is 7.83. The first-order valence-electron chi connectivity index (χ1n) is 9.52. The SMILES string of the molecule is CCOC(=O)c1ccc2c(c1)CCC(CNC(=O)OC(C)(C)C)C2CC. The molecule has 1 N–H and O–H groups in total. The van der Waals surface area contributed by atoms with Gasteiger partial charge in [0.05, 0.1) is 12.2 Å². The Morgan fingerprint density at radius 1 is 1.23 bits per heavy atom. The van der Waals surface area contributed by atoms with Crippen molar-refractivity contribution in [2.75, 3.05) is 13.2 Å². The van der Waals surface area contributed by atoms with E-state index in [1.807, 2.05) is 39.8 Å². The van der Waals surface area contributed by atoms with Crippen LogP contribution in [0.4, 0.5) is 4.79 Å². The van der Waals surface area contributed by atoms with Crippen LogP contribution in [-0.4, -0.2) is 30.8 Å². The average Bonchev–Trinajstić information content (AvgIpc) is 2.57. The lowest BCUT2D eigenvalue weighted by Gasteiger charge is -2.33. The number of carbonyl (C=O) groups excluding carboxylic acids is 2. The fourth-order valence-electron chi connectivity index (χ4n) is 3.65. The summed E-state index contributed by atoms with van der Waals surface area (Å²) in [6.07, 6.45) is 2.51. The highest BCUT2D eigenvalue weighted by Crippen LogP contribution is 2.38. The molecular weight excluding hydrogens is 330 g/mol. The minimum absolute atomic E-state index is 0.267. The van der Waals surface area contributed by atoms with Crippen LogP contribution in [0.1, 0.15) is 74.9 Å². The summed E-state index contributed by atoms with van der Waals surface area (Å²) in [7, 11) is 0. The number of carbonyl (C=O) groups is 2. The molecule has 0 fully saturated rings. The number of esters is 1. The molecule has 0 heterocycles. The molecule has 5 heteroatoms. The van der Waals surface area contributed by atoms with Crippen LogP contribution in [0.2, 0.25) is 0 Å². The Balaban J connectivity index is 2.06. The number of fused-ring (bicyclic) bond motifs is 1. The average molecular weight is 361 g/mol. The molecule has 1 aromatic rings. The van der Waals surface area contributed by atoms with Gasteiger partial charge in [0.1, 0.15) is 5.60 Å². The van der Waals surface area contributed by atoms with E-state index < -0.39 is 5.60 Å². The molecule has 0 aromatic heterocycles. The van der Waals surface area contributed by atoms with Gasteiger partial charge in [-0.15, -0.1) is 0 Å². The minimum Gasteiger partial charge on any atom is -0.462 e. The summed E-state index contributed by atoms with van der Waals surface area (Å²) in [5.41, 5.74) is 2.63. The van der Waals surface area contributed by atoms with Crippen LogP contribution in [0, 0.1) is 5.92 Å².